The highest BCUT2D eigenvalue weighted by Gasteiger charge is 2.25. The van der Waals surface area contributed by atoms with Crippen molar-refractivity contribution in [3.63, 3.8) is 0 Å². The lowest BCUT2D eigenvalue weighted by Gasteiger charge is -2.31. The third-order valence-corrected chi connectivity index (χ3v) is 6.19. The third-order valence-electron chi connectivity index (χ3n) is 4.80. The van der Waals surface area contributed by atoms with Gasteiger partial charge in [0.2, 0.25) is 5.91 Å². The Bertz CT molecular complexity index is 998. The molecule has 0 saturated carbocycles. The summed E-state index contributed by atoms with van der Waals surface area (Å²) in [5.74, 6) is 1.51. The van der Waals surface area contributed by atoms with Crippen LogP contribution in [-0.2, 0) is 21.2 Å². The van der Waals surface area contributed by atoms with Crippen LogP contribution in [0.1, 0.15) is 39.7 Å². The Morgan fingerprint density at radius 1 is 1.00 bits per heavy atom. The number of hydrogen-bond donors (Lipinski definition) is 1. The van der Waals surface area contributed by atoms with Gasteiger partial charge >= 0.3 is 0 Å². The molecule has 0 radical (unpaired) electrons. The van der Waals surface area contributed by atoms with E-state index < -0.39 is 10.0 Å². The summed E-state index contributed by atoms with van der Waals surface area (Å²) in [5, 5.41) is 0. The van der Waals surface area contributed by atoms with E-state index in [-0.39, 0.29) is 10.8 Å². The molecule has 1 heterocycles. The van der Waals surface area contributed by atoms with Crippen molar-refractivity contribution in [2.75, 3.05) is 22.8 Å². The number of sulfonamides is 1. The van der Waals surface area contributed by atoms with Crippen molar-refractivity contribution in [2.45, 2.75) is 45.4 Å². The number of carbonyl (C=O) groups excluding carboxylic acids is 1. The van der Waals surface area contributed by atoms with Crippen LogP contribution in [0.5, 0.6) is 5.75 Å². The van der Waals surface area contributed by atoms with E-state index in [2.05, 4.69) is 32.4 Å². The summed E-state index contributed by atoms with van der Waals surface area (Å²) in [6, 6.07) is 11.8. The molecular formula is C23H30N2O4S. The Morgan fingerprint density at radius 3 is 2.33 bits per heavy atom. The smallest absolute Gasteiger partial charge is 0.261 e. The number of anilines is 2. The minimum Gasteiger partial charge on any atom is -0.493 e. The van der Waals surface area contributed by atoms with Crippen LogP contribution in [0.2, 0.25) is 0 Å². The predicted molar refractivity (Wildman–Crippen MR) is 120 cm³/mol. The predicted octanol–water partition coefficient (Wildman–Crippen LogP) is 4.46. The van der Waals surface area contributed by atoms with Crippen LogP contribution in [0.4, 0.5) is 11.4 Å². The highest BCUT2D eigenvalue weighted by Crippen LogP contribution is 2.31. The van der Waals surface area contributed by atoms with E-state index in [4.69, 9.17) is 4.74 Å². The standard InChI is InChI=1S/C23H30N2O4S/c1-16(2)14-25-22-11-6-19(13-18(22)5-12-23(25)26)24-30(27,28)21-9-7-20(8-10-21)29-15-17(3)4/h6-11,13,16-17,24H,5,12,14-15H2,1-4H3. The number of fused-ring (bicyclic) bond motifs is 1. The van der Waals surface area contributed by atoms with Gasteiger partial charge in [-0.2, -0.15) is 0 Å². The fraction of sp³-hybridized carbons (Fsp3) is 0.435. The van der Waals surface area contributed by atoms with Gasteiger partial charge in [-0.15, -0.1) is 0 Å². The van der Waals surface area contributed by atoms with Crippen molar-refractivity contribution in [1.29, 1.82) is 0 Å². The first-order valence-electron chi connectivity index (χ1n) is 10.3. The zero-order chi connectivity index (χ0) is 21.9. The Balaban J connectivity index is 1.76. The summed E-state index contributed by atoms with van der Waals surface area (Å²) in [4.78, 5) is 14.3. The van der Waals surface area contributed by atoms with Crippen LogP contribution in [0.3, 0.4) is 0 Å². The van der Waals surface area contributed by atoms with E-state index in [0.29, 0.717) is 49.3 Å². The molecule has 1 N–H and O–H groups in total. The first-order valence-corrected chi connectivity index (χ1v) is 11.8. The number of hydrogen-bond acceptors (Lipinski definition) is 4. The number of benzene rings is 2. The maximum Gasteiger partial charge on any atom is 0.261 e. The average molecular weight is 431 g/mol. The number of amides is 1. The molecule has 2 aromatic carbocycles. The molecule has 0 saturated heterocycles. The molecule has 0 fully saturated rings. The monoisotopic (exact) mass is 430 g/mol. The molecule has 0 atom stereocenters. The molecule has 0 spiro atoms. The third kappa shape index (κ3) is 5.33. The average Bonchev–Trinajstić information content (AvgIpc) is 2.68. The minimum absolute atomic E-state index is 0.115. The quantitative estimate of drug-likeness (QED) is 0.671. The molecule has 0 unspecified atom stereocenters. The second-order valence-corrected chi connectivity index (χ2v) is 10.2. The Kier molecular flexibility index (Phi) is 6.71. The van der Waals surface area contributed by atoms with Gasteiger partial charge in [0.05, 0.1) is 11.5 Å². The summed E-state index contributed by atoms with van der Waals surface area (Å²) in [6.45, 7) is 9.49. The number of aryl methyl sites for hydroxylation is 1. The zero-order valence-corrected chi connectivity index (χ0v) is 18.8. The van der Waals surface area contributed by atoms with Crippen LogP contribution < -0.4 is 14.4 Å². The lowest BCUT2D eigenvalue weighted by atomic mass is 9.99. The first-order chi connectivity index (χ1) is 14.2. The van der Waals surface area contributed by atoms with E-state index >= 15 is 0 Å². The summed E-state index contributed by atoms with van der Waals surface area (Å²) >= 11 is 0. The van der Waals surface area contributed by atoms with Gasteiger partial charge in [0.15, 0.2) is 0 Å². The Labute approximate surface area is 179 Å². The zero-order valence-electron chi connectivity index (χ0n) is 18.0. The molecule has 1 aliphatic rings. The molecule has 6 nitrogen and oxygen atoms in total. The van der Waals surface area contributed by atoms with Gasteiger partial charge in [-0.05, 0) is 66.3 Å². The van der Waals surface area contributed by atoms with Gasteiger partial charge in [-0.1, -0.05) is 27.7 Å². The molecule has 0 aromatic heterocycles. The molecule has 2 aromatic rings. The van der Waals surface area contributed by atoms with Gasteiger partial charge < -0.3 is 9.64 Å². The van der Waals surface area contributed by atoms with Crippen molar-refractivity contribution in [1.82, 2.24) is 0 Å². The highest BCUT2D eigenvalue weighted by atomic mass is 32.2. The number of nitrogens with zero attached hydrogens (tertiary/aromatic N) is 1. The van der Waals surface area contributed by atoms with Crippen LogP contribution in [0.25, 0.3) is 0 Å². The fourth-order valence-electron chi connectivity index (χ4n) is 3.38. The van der Waals surface area contributed by atoms with Gasteiger partial charge in [-0.3, -0.25) is 9.52 Å². The molecule has 1 amide bonds. The van der Waals surface area contributed by atoms with E-state index in [0.717, 1.165) is 11.3 Å². The number of ether oxygens (including phenoxy) is 1. The summed E-state index contributed by atoms with van der Waals surface area (Å²) in [7, 11) is -3.72. The SMILES string of the molecule is CC(C)COc1ccc(S(=O)(=O)Nc2ccc3c(c2)CCC(=O)N3CC(C)C)cc1. The lowest BCUT2D eigenvalue weighted by Crippen LogP contribution is -2.37. The molecular weight excluding hydrogens is 400 g/mol. The molecule has 3 rings (SSSR count). The molecule has 7 heteroatoms. The highest BCUT2D eigenvalue weighted by molar-refractivity contribution is 7.92. The summed E-state index contributed by atoms with van der Waals surface area (Å²) < 4.78 is 33.8. The molecule has 30 heavy (non-hydrogen) atoms. The van der Waals surface area contributed by atoms with E-state index in [1.165, 1.54) is 0 Å². The maximum atomic E-state index is 12.8. The van der Waals surface area contributed by atoms with Crippen molar-refractivity contribution < 1.29 is 17.9 Å². The molecule has 0 aliphatic carbocycles. The van der Waals surface area contributed by atoms with Gasteiger partial charge in [0, 0.05) is 24.3 Å². The van der Waals surface area contributed by atoms with Crippen molar-refractivity contribution in [2.24, 2.45) is 11.8 Å². The van der Waals surface area contributed by atoms with E-state index in [1.807, 2.05) is 12.1 Å². The molecule has 162 valence electrons. The topological polar surface area (TPSA) is 75.7 Å². The molecule has 1 aliphatic heterocycles. The van der Waals surface area contributed by atoms with Crippen LogP contribution >= 0.6 is 0 Å². The second kappa shape index (κ2) is 9.08. The lowest BCUT2D eigenvalue weighted by molar-refractivity contribution is -0.119. The van der Waals surface area contributed by atoms with Crippen molar-refractivity contribution in [3.8, 4) is 5.75 Å². The molecule has 0 bridgehead atoms. The number of carbonyl (C=O) groups is 1. The van der Waals surface area contributed by atoms with Crippen molar-refractivity contribution in [3.05, 3.63) is 48.0 Å². The summed E-state index contributed by atoms with van der Waals surface area (Å²) in [5.41, 5.74) is 2.34. The normalized spacial score (nSPS) is 14.2. The Morgan fingerprint density at radius 2 is 1.70 bits per heavy atom. The second-order valence-electron chi connectivity index (χ2n) is 8.52. The van der Waals surface area contributed by atoms with Gasteiger partial charge in [0.25, 0.3) is 10.0 Å². The van der Waals surface area contributed by atoms with Crippen LogP contribution in [-0.4, -0.2) is 27.5 Å². The number of rotatable bonds is 8. The first kappa shape index (κ1) is 22.2. The Hall–Kier alpha value is -2.54. The van der Waals surface area contributed by atoms with Crippen LogP contribution in [0, 0.1) is 11.8 Å². The van der Waals surface area contributed by atoms with E-state index in [1.54, 1.807) is 35.2 Å². The minimum atomic E-state index is -3.72. The van der Waals surface area contributed by atoms with Gasteiger partial charge in [0.1, 0.15) is 5.75 Å². The fourth-order valence-corrected chi connectivity index (χ4v) is 4.43. The van der Waals surface area contributed by atoms with Crippen molar-refractivity contribution >= 4 is 27.3 Å². The van der Waals surface area contributed by atoms with Crippen LogP contribution in [0.15, 0.2) is 47.4 Å². The van der Waals surface area contributed by atoms with Gasteiger partial charge in [-0.25, -0.2) is 8.42 Å². The largest absolute Gasteiger partial charge is 0.493 e. The summed E-state index contributed by atoms with van der Waals surface area (Å²) in [6.07, 6.45) is 1.05. The maximum absolute atomic E-state index is 12.8. The number of nitrogens with one attached hydrogen (secondary N) is 1. The van der Waals surface area contributed by atoms with E-state index in [9.17, 15) is 13.2 Å².